The van der Waals surface area contributed by atoms with Gasteiger partial charge in [0.05, 0.1) is 5.56 Å². The number of amides is 1. The van der Waals surface area contributed by atoms with Crippen molar-refractivity contribution in [3.8, 4) is 22.6 Å². The normalized spacial score (nSPS) is 11.3. The number of halogens is 3. The van der Waals surface area contributed by atoms with E-state index in [0.717, 1.165) is 29.3 Å². The summed E-state index contributed by atoms with van der Waals surface area (Å²) in [6, 6.07) is 21.0. The smallest absolute Gasteiger partial charge is 0.403 e. The lowest BCUT2D eigenvalue weighted by molar-refractivity contribution is -0.137. The number of carbonyl (C=O) groups is 1. The summed E-state index contributed by atoms with van der Waals surface area (Å²) in [6.07, 6.45) is -4.54. The van der Waals surface area contributed by atoms with Crippen LogP contribution < -0.4 is 5.32 Å². The van der Waals surface area contributed by atoms with E-state index in [0.29, 0.717) is 5.56 Å². The molecule has 0 fully saturated rings. The van der Waals surface area contributed by atoms with Crippen molar-refractivity contribution in [2.45, 2.75) is 6.18 Å². The van der Waals surface area contributed by atoms with Crippen molar-refractivity contribution in [1.82, 2.24) is 10.2 Å². The van der Waals surface area contributed by atoms with Crippen LogP contribution in [0.3, 0.4) is 0 Å². The molecule has 1 aromatic heterocycles. The molecule has 3 aromatic carbocycles. The zero-order chi connectivity index (χ0) is 21.1. The minimum absolute atomic E-state index is 0.171. The van der Waals surface area contributed by atoms with E-state index in [9.17, 15) is 18.0 Å². The van der Waals surface area contributed by atoms with Gasteiger partial charge in [-0.25, -0.2) is 0 Å². The lowest BCUT2D eigenvalue weighted by atomic mass is 10.0. The molecule has 0 radical (unpaired) electrons. The summed E-state index contributed by atoms with van der Waals surface area (Å²) in [4.78, 5) is 12.3. The average molecular weight is 409 g/mol. The van der Waals surface area contributed by atoms with Crippen LogP contribution in [0.4, 0.5) is 19.2 Å². The molecule has 0 saturated carbocycles. The number of hydrogen-bond donors (Lipinski definition) is 1. The van der Waals surface area contributed by atoms with E-state index < -0.39 is 17.6 Å². The van der Waals surface area contributed by atoms with Gasteiger partial charge in [0.15, 0.2) is 0 Å². The first-order chi connectivity index (χ1) is 14.4. The highest BCUT2D eigenvalue weighted by atomic mass is 19.4. The molecule has 30 heavy (non-hydrogen) atoms. The van der Waals surface area contributed by atoms with Gasteiger partial charge >= 0.3 is 12.2 Å². The Hall–Kier alpha value is -3.94. The predicted molar refractivity (Wildman–Crippen MR) is 105 cm³/mol. The van der Waals surface area contributed by atoms with Crippen molar-refractivity contribution in [3.05, 3.63) is 90.0 Å². The summed E-state index contributed by atoms with van der Waals surface area (Å²) in [7, 11) is 0. The maximum atomic E-state index is 12.8. The van der Waals surface area contributed by atoms with Crippen LogP contribution in [0, 0.1) is 0 Å². The molecular formula is C22H14F3N3O2. The molecule has 8 heteroatoms. The Kier molecular flexibility index (Phi) is 5.05. The zero-order valence-electron chi connectivity index (χ0n) is 15.4. The van der Waals surface area contributed by atoms with Gasteiger partial charge in [0.2, 0.25) is 5.89 Å². The predicted octanol–water partition coefficient (Wildman–Crippen LogP) is 5.67. The lowest BCUT2D eigenvalue weighted by Gasteiger charge is -2.07. The molecule has 0 saturated heterocycles. The Morgan fingerprint density at radius 2 is 1.50 bits per heavy atom. The molecule has 0 aliphatic rings. The van der Waals surface area contributed by atoms with E-state index in [-0.39, 0.29) is 17.5 Å². The molecule has 1 N–H and O–H groups in total. The number of carbonyl (C=O) groups excluding carboxylic acids is 1. The van der Waals surface area contributed by atoms with E-state index in [1.54, 1.807) is 6.07 Å². The number of anilines is 1. The Labute approximate surface area is 169 Å². The second kappa shape index (κ2) is 7.82. The first-order valence-electron chi connectivity index (χ1n) is 8.88. The van der Waals surface area contributed by atoms with Gasteiger partial charge in [0, 0.05) is 11.1 Å². The van der Waals surface area contributed by atoms with Crippen molar-refractivity contribution in [2.24, 2.45) is 0 Å². The fourth-order valence-corrected chi connectivity index (χ4v) is 2.86. The van der Waals surface area contributed by atoms with Crippen LogP contribution >= 0.6 is 0 Å². The molecule has 0 atom stereocenters. The number of nitrogens with one attached hydrogen (secondary N) is 1. The minimum atomic E-state index is -4.54. The highest BCUT2D eigenvalue weighted by molar-refractivity contribution is 6.03. The summed E-state index contributed by atoms with van der Waals surface area (Å²) in [6.45, 7) is 0. The Morgan fingerprint density at radius 3 is 2.27 bits per heavy atom. The summed E-state index contributed by atoms with van der Waals surface area (Å²) in [5.41, 5.74) is 1.51. The highest BCUT2D eigenvalue weighted by Gasteiger charge is 2.31. The fourth-order valence-electron chi connectivity index (χ4n) is 2.86. The summed E-state index contributed by atoms with van der Waals surface area (Å²) < 4.78 is 44.0. The molecular weight excluding hydrogens is 395 g/mol. The Bertz CT molecular complexity index is 1190. The standard InChI is InChI=1S/C22H14F3N3O2/c23-22(24,25)18-11-5-9-16(13-18)19(29)26-21-28-27-20(30-21)17-10-4-8-15(12-17)14-6-2-1-3-7-14/h1-13H,(H,26,28,29). The van der Waals surface area contributed by atoms with Gasteiger partial charge in [-0.1, -0.05) is 53.6 Å². The SMILES string of the molecule is O=C(Nc1nnc(-c2cccc(-c3ccccc3)c2)o1)c1cccc(C(F)(F)F)c1. The van der Waals surface area contributed by atoms with Gasteiger partial charge in [-0.3, -0.25) is 10.1 Å². The Balaban J connectivity index is 1.53. The van der Waals surface area contributed by atoms with Gasteiger partial charge in [-0.05, 0) is 41.5 Å². The van der Waals surface area contributed by atoms with Gasteiger partial charge in [0.1, 0.15) is 0 Å². The molecule has 0 unspecified atom stereocenters. The van der Waals surface area contributed by atoms with E-state index in [1.807, 2.05) is 48.5 Å². The van der Waals surface area contributed by atoms with E-state index in [4.69, 9.17) is 4.42 Å². The van der Waals surface area contributed by atoms with Gasteiger partial charge in [-0.2, -0.15) is 13.2 Å². The van der Waals surface area contributed by atoms with Crippen LogP contribution in [0.1, 0.15) is 15.9 Å². The van der Waals surface area contributed by atoms with E-state index in [2.05, 4.69) is 15.5 Å². The number of rotatable bonds is 4. The van der Waals surface area contributed by atoms with Crippen molar-refractivity contribution in [3.63, 3.8) is 0 Å². The number of hydrogen-bond acceptors (Lipinski definition) is 4. The van der Waals surface area contributed by atoms with Gasteiger partial charge in [-0.15, -0.1) is 5.10 Å². The molecule has 0 aliphatic carbocycles. The van der Waals surface area contributed by atoms with Crippen LogP contribution in [-0.4, -0.2) is 16.1 Å². The first-order valence-corrected chi connectivity index (χ1v) is 8.88. The first kappa shape index (κ1) is 19.4. The average Bonchev–Trinajstić information content (AvgIpc) is 3.22. The maximum absolute atomic E-state index is 12.8. The highest BCUT2D eigenvalue weighted by Crippen LogP contribution is 2.30. The molecule has 0 spiro atoms. The third-order valence-corrected chi connectivity index (χ3v) is 4.31. The van der Waals surface area contributed by atoms with Crippen LogP contribution in [-0.2, 0) is 6.18 Å². The van der Waals surface area contributed by atoms with Crippen molar-refractivity contribution in [1.29, 1.82) is 0 Å². The van der Waals surface area contributed by atoms with Crippen LogP contribution in [0.2, 0.25) is 0 Å². The molecule has 150 valence electrons. The third kappa shape index (κ3) is 4.22. The number of benzene rings is 3. The lowest BCUT2D eigenvalue weighted by Crippen LogP contribution is -2.14. The van der Waals surface area contributed by atoms with Crippen molar-refractivity contribution in [2.75, 3.05) is 5.32 Å². The summed E-state index contributed by atoms with van der Waals surface area (Å²) in [5, 5.41) is 10.0. The second-order valence-corrected chi connectivity index (χ2v) is 6.39. The second-order valence-electron chi connectivity index (χ2n) is 6.39. The van der Waals surface area contributed by atoms with E-state index >= 15 is 0 Å². The topological polar surface area (TPSA) is 68.0 Å². The molecule has 4 rings (SSSR count). The summed E-state index contributed by atoms with van der Waals surface area (Å²) >= 11 is 0. The molecule has 0 bridgehead atoms. The monoisotopic (exact) mass is 409 g/mol. The number of alkyl halides is 3. The summed E-state index contributed by atoms with van der Waals surface area (Å²) in [5.74, 6) is -0.610. The largest absolute Gasteiger partial charge is 0.416 e. The molecule has 5 nitrogen and oxygen atoms in total. The number of aromatic nitrogens is 2. The molecule has 1 heterocycles. The maximum Gasteiger partial charge on any atom is 0.416 e. The zero-order valence-corrected chi connectivity index (χ0v) is 15.4. The minimum Gasteiger partial charge on any atom is -0.403 e. The quantitative estimate of drug-likeness (QED) is 0.471. The van der Waals surface area contributed by atoms with Crippen LogP contribution in [0.5, 0.6) is 0 Å². The van der Waals surface area contributed by atoms with Gasteiger partial charge < -0.3 is 4.42 Å². The molecule has 4 aromatic rings. The van der Waals surface area contributed by atoms with Crippen molar-refractivity contribution >= 4 is 11.9 Å². The number of nitrogens with zero attached hydrogens (tertiary/aromatic N) is 2. The third-order valence-electron chi connectivity index (χ3n) is 4.31. The van der Waals surface area contributed by atoms with Crippen molar-refractivity contribution < 1.29 is 22.4 Å². The fraction of sp³-hybridized carbons (Fsp3) is 0.0455. The van der Waals surface area contributed by atoms with Gasteiger partial charge in [0.25, 0.3) is 5.91 Å². The van der Waals surface area contributed by atoms with Crippen LogP contribution in [0.25, 0.3) is 22.6 Å². The molecule has 0 aliphatic heterocycles. The Morgan fingerprint density at radius 1 is 0.800 bits per heavy atom. The van der Waals surface area contributed by atoms with E-state index in [1.165, 1.54) is 6.07 Å². The van der Waals surface area contributed by atoms with Crippen LogP contribution in [0.15, 0.2) is 83.3 Å². The molecule has 1 amide bonds.